The second kappa shape index (κ2) is 5.32. The van der Waals surface area contributed by atoms with Crippen LogP contribution in [0, 0.1) is 5.41 Å². The molecule has 6 nitrogen and oxygen atoms in total. The molecule has 20 heavy (non-hydrogen) atoms. The molecule has 2 aromatic rings. The fourth-order valence-corrected chi connectivity index (χ4v) is 3.52. The van der Waals surface area contributed by atoms with Gasteiger partial charge >= 0.3 is 5.97 Å². The molecule has 0 aromatic carbocycles. The molecule has 2 heterocycles. The summed E-state index contributed by atoms with van der Waals surface area (Å²) in [5, 5.41) is 23.3. The Morgan fingerprint density at radius 2 is 2.25 bits per heavy atom. The molecule has 0 atom stereocenters. The van der Waals surface area contributed by atoms with Crippen molar-refractivity contribution in [1.29, 1.82) is 0 Å². The van der Waals surface area contributed by atoms with Crippen molar-refractivity contribution in [2.45, 2.75) is 38.6 Å². The van der Waals surface area contributed by atoms with Crippen LogP contribution >= 0.6 is 11.3 Å². The van der Waals surface area contributed by atoms with Crippen LogP contribution in [-0.4, -0.2) is 31.3 Å². The average molecular weight is 292 g/mol. The first kappa shape index (κ1) is 13.2. The van der Waals surface area contributed by atoms with E-state index in [-0.39, 0.29) is 0 Å². The van der Waals surface area contributed by atoms with Crippen LogP contribution in [0.2, 0.25) is 0 Å². The highest BCUT2D eigenvalue weighted by Crippen LogP contribution is 2.39. The summed E-state index contributed by atoms with van der Waals surface area (Å²) in [5.41, 5.74) is -0.695. The van der Waals surface area contributed by atoms with Crippen LogP contribution in [0.5, 0.6) is 0 Å². The molecule has 1 fully saturated rings. The van der Waals surface area contributed by atoms with Crippen molar-refractivity contribution < 1.29 is 9.90 Å². The van der Waals surface area contributed by atoms with Crippen LogP contribution in [-0.2, 0) is 17.8 Å². The number of carboxylic acid groups (broad SMARTS) is 1. The summed E-state index contributed by atoms with van der Waals surface area (Å²) in [7, 11) is 0. The molecule has 1 aliphatic rings. The molecule has 106 valence electrons. The minimum Gasteiger partial charge on any atom is -0.481 e. The third-order valence-corrected chi connectivity index (χ3v) is 4.86. The van der Waals surface area contributed by atoms with E-state index in [9.17, 15) is 9.90 Å². The third-order valence-electron chi connectivity index (χ3n) is 3.99. The molecule has 0 aliphatic heterocycles. The molecule has 1 N–H and O–H groups in total. The molecule has 3 rings (SSSR count). The van der Waals surface area contributed by atoms with E-state index in [0.717, 1.165) is 18.7 Å². The van der Waals surface area contributed by atoms with Crippen molar-refractivity contribution in [3.63, 3.8) is 0 Å². The van der Waals surface area contributed by atoms with Crippen molar-refractivity contribution in [3.05, 3.63) is 28.2 Å². The number of thiophene rings is 1. The molecular weight excluding hydrogens is 276 g/mol. The SMILES string of the molecule is O=C(O)C1(Cn2nnnc2Cc2cccs2)CCCC1. The Morgan fingerprint density at radius 1 is 1.45 bits per heavy atom. The van der Waals surface area contributed by atoms with Gasteiger partial charge in [-0.15, -0.1) is 16.4 Å². The van der Waals surface area contributed by atoms with Gasteiger partial charge in [0.25, 0.3) is 0 Å². The minimum atomic E-state index is -0.729. The van der Waals surface area contributed by atoms with Crippen LogP contribution < -0.4 is 0 Å². The molecule has 1 saturated carbocycles. The van der Waals surface area contributed by atoms with Crippen LogP contribution in [0.3, 0.4) is 0 Å². The molecule has 0 spiro atoms. The Hall–Kier alpha value is -1.76. The predicted molar refractivity (Wildman–Crippen MR) is 73.5 cm³/mol. The van der Waals surface area contributed by atoms with E-state index in [1.165, 1.54) is 4.88 Å². The highest BCUT2D eigenvalue weighted by Gasteiger charge is 2.42. The van der Waals surface area contributed by atoms with Crippen LogP contribution in [0.4, 0.5) is 0 Å². The largest absolute Gasteiger partial charge is 0.481 e. The maximum absolute atomic E-state index is 11.6. The maximum Gasteiger partial charge on any atom is 0.311 e. The van der Waals surface area contributed by atoms with Gasteiger partial charge in [0, 0.05) is 11.3 Å². The Labute approximate surface area is 120 Å². The van der Waals surface area contributed by atoms with Crippen LogP contribution in [0.1, 0.15) is 36.4 Å². The number of rotatable bonds is 5. The molecular formula is C13H16N4O2S. The zero-order valence-electron chi connectivity index (χ0n) is 11.0. The maximum atomic E-state index is 11.6. The first-order valence-electron chi connectivity index (χ1n) is 6.70. The molecule has 2 aromatic heterocycles. The van der Waals surface area contributed by atoms with Gasteiger partial charge in [-0.1, -0.05) is 18.9 Å². The van der Waals surface area contributed by atoms with Gasteiger partial charge in [0.1, 0.15) is 0 Å². The van der Waals surface area contributed by atoms with E-state index in [1.807, 2.05) is 17.5 Å². The topological polar surface area (TPSA) is 80.9 Å². The van der Waals surface area contributed by atoms with E-state index >= 15 is 0 Å². The number of tetrazole rings is 1. The summed E-state index contributed by atoms with van der Waals surface area (Å²) >= 11 is 1.65. The Morgan fingerprint density at radius 3 is 2.90 bits per heavy atom. The second-order valence-corrected chi connectivity index (χ2v) is 6.33. The minimum absolute atomic E-state index is 0.371. The zero-order valence-corrected chi connectivity index (χ0v) is 11.8. The van der Waals surface area contributed by atoms with E-state index < -0.39 is 11.4 Å². The first-order valence-corrected chi connectivity index (χ1v) is 7.58. The lowest BCUT2D eigenvalue weighted by Crippen LogP contribution is -2.33. The Balaban J connectivity index is 1.81. The molecule has 7 heteroatoms. The number of hydrogen-bond acceptors (Lipinski definition) is 5. The van der Waals surface area contributed by atoms with E-state index in [2.05, 4.69) is 15.5 Å². The highest BCUT2D eigenvalue weighted by molar-refractivity contribution is 7.09. The molecule has 0 saturated heterocycles. The normalized spacial score (nSPS) is 17.4. The smallest absolute Gasteiger partial charge is 0.311 e. The summed E-state index contributed by atoms with van der Waals surface area (Å²) < 4.78 is 1.67. The van der Waals surface area contributed by atoms with Gasteiger partial charge in [-0.3, -0.25) is 4.79 Å². The summed E-state index contributed by atoms with van der Waals surface area (Å²) in [4.78, 5) is 12.8. The van der Waals surface area contributed by atoms with Gasteiger partial charge < -0.3 is 5.11 Å². The number of carbonyl (C=O) groups is 1. The van der Waals surface area contributed by atoms with Gasteiger partial charge in [-0.25, -0.2) is 4.68 Å². The van der Waals surface area contributed by atoms with E-state index in [0.29, 0.717) is 25.8 Å². The van der Waals surface area contributed by atoms with E-state index in [1.54, 1.807) is 16.0 Å². The Bertz CT molecular complexity index is 587. The number of carboxylic acids is 1. The quantitative estimate of drug-likeness (QED) is 0.911. The second-order valence-electron chi connectivity index (χ2n) is 5.30. The Kier molecular flexibility index (Phi) is 3.52. The average Bonchev–Trinajstić information content (AvgIpc) is 3.14. The highest BCUT2D eigenvalue weighted by atomic mass is 32.1. The summed E-state index contributed by atoms with van der Waals surface area (Å²) in [6.45, 7) is 0.371. The number of hydrogen-bond donors (Lipinski definition) is 1. The lowest BCUT2D eigenvalue weighted by molar-refractivity contribution is -0.149. The molecule has 0 unspecified atom stereocenters. The number of aliphatic carboxylic acids is 1. The van der Waals surface area contributed by atoms with Crippen molar-refractivity contribution in [2.24, 2.45) is 5.41 Å². The number of nitrogens with zero attached hydrogens (tertiary/aromatic N) is 4. The zero-order chi connectivity index (χ0) is 14.0. The fourth-order valence-electron chi connectivity index (χ4n) is 2.82. The third kappa shape index (κ3) is 2.45. The summed E-state index contributed by atoms with van der Waals surface area (Å²) in [6.07, 6.45) is 4.00. The van der Waals surface area contributed by atoms with Gasteiger partial charge in [0.15, 0.2) is 5.82 Å². The molecule has 0 bridgehead atoms. The van der Waals surface area contributed by atoms with Crippen molar-refractivity contribution in [2.75, 3.05) is 0 Å². The van der Waals surface area contributed by atoms with Crippen molar-refractivity contribution >= 4 is 17.3 Å². The summed E-state index contributed by atoms with van der Waals surface area (Å²) in [6, 6.07) is 4.02. The molecule has 0 radical (unpaired) electrons. The monoisotopic (exact) mass is 292 g/mol. The van der Waals surface area contributed by atoms with Crippen LogP contribution in [0.15, 0.2) is 17.5 Å². The molecule has 1 aliphatic carbocycles. The van der Waals surface area contributed by atoms with Gasteiger partial charge in [0.05, 0.1) is 12.0 Å². The van der Waals surface area contributed by atoms with Gasteiger partial charge in [-0.05, 0) is 34.7 Å². The standard InChI is InChI=1S/C13H16N4O2S/c18-12(19)13(5-1-2-6-13)9-17-11(14-15-16-17)8-10-4-3-7-20-10/h3-4,7H,1-2,5-6,8-9H2,(H,18,19). The van der Waals surface area contributed by atoms with Crippen molar-refractivity contribution in [3.8, 4) is 0 Å². The van der Waals surface area contributed by atoms with Crippen LogP contribution in [0.25, 0.3) is 0 Å². The van der Waals surface area contributed by atoms with Gasteiger partial charge in [0.2, 0.25) is 0 Å². The fraction of sp³-hybridized carbons (Fsp3) is 0.538. The number of aromatic nitrogens is 4. The van der Waals surface area contributed by atoms with E-state index in [4.69, 9.17) is 0 Å². The lowest BCUT2D eigenvalue weighted by atomic mass is 9.86. The van der Waals surface area contributed by atoms with Crippen molar-refractivity contribution in [1.82, 2.24) is 20.2 Å². The van der Waals surface area contributed by atoms with Gasteiger partial charge in [-0.2, -0.15) is 0 Å². The summed E-state index contributed by atoms with van der Waals surface area (Å²) in [5.74, 6) is 0.00699. The first-order chi connectivity index (χ1) is 9.70. The lowest BCUT2D eigenvalue weighted by Gasteiger charge is -2.23. The predicted octanol–water partition coefficient (Wildman–Crippen LogP) is 1.97. The molecule has 0 amide bonds.